The SMILES string of the molecule is Nc1ncc(-c2cc(N3CCOCC3)cc(S(=O)(=O)Cc3c[nH]cn3)c2)cn1. The molecule has 3 N–H and O–H groups in total. The first kappa shape index (κ1) is 18.4. The Labute approximate surface area is 162 Å². The van der Waals surface area contributed by atoms with Gasteiger partial charge in [-0.05, 0) is 23.8 Å². The van der Waals surface area contributed by atoms with Crippen molar-refractivity contribution in [1.82, 2.24) is 19.9 Å². The van der Waals surface area contributed by atoms with E-state index in [-0.39, 0.29) is 16.6 Å². The molecule has 1 aliphatic heterocycles. The van der Waals surface area contributed by atoms with Gasteiger partial charge in [-0.15, -0.1) is 0 Å². The fourth-order valence-corrected chi connectivity index (χ4v) is 4.39. The van der Waals surface area contributed by atoms with Crippen LogP contribution in [-0.2, 0) is 20.3 Å². The molecule has 9 nitrogen and oxygen atoms in total. The van der Waals surface area contributed by atoms with Gasteiger partial charge in [-0.2, -0.15) is 0 Å². The standard InChI is InChI=1S/C18H20N6O3S/c19-18-21-8-14(9-22-18)13-5-16(24-1-3-27-4-2-24)7-17(6-13)28(25,26)11-15-10-20-12-23-15/h5-10,12H,1-4,11H2,(H,20,23)(H2,19,21,22). The highest BCUT2D eigenvalue weighted by Gasteiger charge is 2.21. The number of sulfone groups is 1. The van der Waals surface area contributed by atoms with E-state index < -0.39 is 9.84 Å². The van der Waals surface area contributed by atoms with Crippen molar-refractivity contribution in [3.8, 4) is 11.1 Å². The van der Waals surface area contributed by atoms with E-state index in [1.807, 2.05) is 6.07 Å². The molecule has 1 aliphatic rings. The number of ether oxygens (including phenoxy) is 1. The van der Waals surface area contributed by atoms with Crippen LogP contribution in [0.1, 0.15) is 5.69 Å². The van der Waals surface area contributed by atoms with Crippen LogP contribution < -0.4 is 10.6 Å². The van der Waals surface area contributed by atoms with Crippen LogP contribution >= 0.6 is 0 Å². The summed E-state index contributed by atoms with van der Waals surface area (Å²) in [5, 5.41) is 0. The minimum Gasteiger partial charge on any atom is -0.378 e. The maximum atomic E-state index is 13.0. The van der Waals surface area contributed by atoms with Crippen molar-refractivity contribution in [2.75, 3.05) is 36.9 Å². The van der Waals surface area contributed by atoms with E-state index >= 15 is 0 Å². The molecule has 1 saturated heterocycles. The molecule has 0 unspecified atom stereocenters. The quantitative estimate of drug-likeness (QED) is 0.655. The summed E-state index contributed by atoms with van der Waals surface area (Å²) in [5.74, 6) is -0.0137. The molecule has 2 aromatic heterocycles. The predicted octanol–water partition coefficient (Wildman–Crippen LogP) is 1.26. The minimum atomic E-state index is -3.59. The Balaban J connectivity index is 1.78. The van der Waals surface area contributed by atoms with Crippen molar-refractivity contribution in [3.05, 3.63) is 48.8 Å². The number of aromatic amines is 1. The average molecular weight is 400 g/mol. The van der Waals surface area contributed by atoms with Crippen molar-refractivity contribution in [2.24, 2.45) is 0 Å². The molecule has 0 radical (unpaired) electrons. The van der Waals surface area contributed by atoms with E-state index in [0.717, 1.165) is 5.69 Å². The zero-order valence-electron chi connectivity index (χ0n) is 15.1. The third-order valence-corrected chi connectivity index (χ3v) is 6.15. The van der Waals surface area contributed by atoms with Gasteiger partial charge in [-0.1, -0.05) is 0 Å². The van der Waals surface area contributed by atoms with Gasteiger partial charge in [0.15, 0.2) is 9.84 Å². The normalized spacial score (nSPS) is 14.9. The van der Waals surface area contributed by atoms with Gasteiger partial charge in [0, 0.05) is 42.9 Å². The molecule has 1 aromatic carbocycles. The number of nitrogens with zero attached hydrogens (tertiary/aromatic N) is 4. The van der Waals surface area contributed by atoms with Gasteiger partial charge in [-0.3, -0.25) is 0 Å². The number of benzene rings is 1. The second-order valence-corrected chi connectivity index (χ2v) is 8.45. The number of hydrogen-bond acceptors (Lipinski definition) is 8. The van der Waals surface area contributed by atoms with Gasteiger partial charge in [0.2, 0.25) is 5.95 Å². The Morgan fingerprint density at radius 3 is 2.50 bits per heavy atom. The van der Waals surface area contributed by atoms with Crippen molar-refractivity contribution >= 4 is 21.5 Å². The third-order valence-electron chi connectivity index (χ3n) is 4.52. The van der Waals surface area contributed by atoms with Gasteiger partial charge in [0.1, 0.15) is 0 Å². The fraction of sp³-hybridized carbons (Fsp3) is 0.278. The van der Waals surface area contributed by atoms with Crippen LogP contribution in [0.4, 0.5) is 11.6 Å². The highest BCUT2D eigenvalue weighted by Crippen LogP contribution is 2.30. The fourth-order valence-electron chi connectivity index (χ4n) is 3.07. The van der Waals surface area contributed by atoms with Crippen LogP contribution in [0.15, 0.2) is 48.0 Å². The molecule has 4 rings (SSSR count). The van der Waals surface area contributed by atoms with Gasteiger partial charge in [-0.25, -0.2) is 23.4 Å². The summed E-state index contributed by atoms with van der Waals surface area (Å²) < 4.78 is 31.5. The number of anilines is 2. The summed E-state index contributed by atoms with van der Waals surface area (Å²) in [7, 11) is -3.59. The smallest absolute Gasteiger partial charge is 0.219 e. The van der Waals surface area contributed by atoms with Crippen molar-refractivity contribution in [1.29, 1.82) is 0 Å². The van der Waals surface area contributed by atoms with Crippen LogP contribution in [-0.4, -0.2) is 54.7 Å². The Bertz CT molecular complexity index is 1050. The Morgan fingerprint density at radius 2 is 1.82 bits per heavy atom. The van der Waals surface area contributed by atoms with Crippen LogP contribution in [0.25, 0.3) is 11.1 Å². The molecule has 0 atom stereocenters. The number of nitrogen functional groups attached to an aromatic ring is 1. The van der Waals surface area contributed by atoms with Gasteiger partial charge < -0.3 is 20.4 Å². The van der Waals surface area contributed by atoms with Gasteiger partial charge in [0.25, 0.3) is 0 Å². The number of nitrogens with one attached hydrogen (secondary N) is 1. The van der Waals surface area contributed by atoms with Crippen molar-refractivity contribution in [2.45, 2.75) is 10.6 Å². The molecule has 3 aromatic rings. The average Bonchev–Trinajstić information content (AvgIpc) is 3.21. The van der Waals surface area contributed by atoms with Crippen LogP contribution in [0.5, 0.6) is 0 Å². The Kier molecular flexibility index (Phi) is 4.97. The maximum Gasteiger partial charge on any atom is 0.219 e. The lowest BCUT2D eigenvalue weighted by Crippen LogP contribution is -2.36. The van der Waals surface area contributed by atoms with E-state index in [1.165, 1.54) is 6.33 Å². The van der Waals surface area contributed by atoms with Crippen molar-refractivity contribution in [3.63, 3.8) is 0 Å². The van der Waals surface area contributed by atoms with Crippen molar-refractivity contribution < 1.29 is 13.2 Å². The number of imidazole rings is 1. The Hall–Kier alpha value is -2.98. The first-order valence-electron chi connectivity index (χ1n) is 8.77. The highest BCUT2D eigenvalue weighted by molar-refractivity contribution is 7.90. The molecule has 10 heteroatoms. The molecule has 0 saturated carbocycles. The van der Waals surface area contributed by atoms with Crippen LogP contribution in [0.2, 0.25) is 0 Å². The van der Waals surface area contributed by atoms with E-state index in [2.05, 4.69) is 24.8 Å². The van der Waals surface area contributed by atoms with Gasteiger partial charge >= 0.3 is 0 Å². The van der Waals surface area contributed by atoms with E-state index in [0.29, 0.717) is 43.1 Å². The predicted molar refractivity (Wildman–Crippen MR) is 104 cm³/mol. The lowest BCUT2D eigenvalue weighted by molar-refractivity contribution is 0.122. The van der Waals surface area contributed by atoms with Crippen LogP contribution in [0.3, 0.4) is 0 Å². The van der Waals surface area contributed by atoms with Crippen LogP contribution in [0, 0.1) is 0 Å². The summed E-state index contributed by atoms with van der Waals surface area (Å²) in [4.78, 5) is 17.2. The second-order valence-electron chi connectivity index (χ2n) is 6.46. The summed E-state index contributed by atoms with van der Waals surface area (Å²) in [6.45, 7) is 2.59. The molecule has 0 aliphatic carbocycles. The summed E-state index contributed by atoms with van der Waals surface area (Å²) in [6.07, 6.45) is 6.22. The summed E-state index contributed by atoms with van der Waals surface area (Å²) in [6, 6.07) is 5.28. The molecular formula is C18H20N6O3S. The van der Waals surface area contributed by atoms with E-state index in [9.17, 15) is 8.42 Å². The molecule has 0 bridgehead atoms. The zero-order chi connectivity index (χ0) is 19.6. The number of hydrogen-bond donors (Lipinski definition) is 2. The topological polar surface area (TPSA) is 127 Å². The number of aromatic nitrogens is 4. The number of H-pyrrole nitrogens is 1. The molecule has 0 spiro atoms. The first-order chi connectivity index (χ1) is 13.5. The molecule has 28 heavy (non-hydrogen) atoms. The summed E-state index contributed by atoms with van der Waals surface area (Å²) in [5.41, 5.74) is 8.27. The van der Waals surface area contributed by atoms with E-state index in [1.54, 1.807) is 30.7 Å². The monoisotopic (exact) mass is 400 g/mol. The Morgan fingerprint density at radius 1 is 1.07 bits per heavy atom. The number of rotatable bonds is 5. The first-order valence-corrected chi connectivity index (χ1v) is 10.4. The highest BCUT2D eigenvalue weighted by atomic mass is 32.2. The molecule has 146 valence electrons. The van der Waals surface area contributed by atoms with Gasteiger partial charge in [0.05, 0.1) is 35.9 Å². The third kappa shape index (κ3) is 3.97. The lowest BCUT2D eigenvalue weighted by atomic mass is 10.1. The largest absolute Gasteiger partial charge is 0.378 e. The number of nitrogens with two attached hydrogens (primary N) is 1. The molecular weight excluding hydrogens is 380 g/mol. The minimum absolute atomic E-state index is 0.166. The molecule has 0 amide bonds. The maximum absolute atomic E-state index is 13.0. The number of morpholine rings is 1. The van der Waals surface area contributed by atoms with E-state index in [4.69, 9.17) is 10.5 Å². The lowest BCUT2D eigenvalue weighted by Gasteiger charge is -2.29. The zero-order valence-corrected chi connectivity index (χ0v) is 15.9. The molecule has 3 heterocycles. The summed E-state index contributed by atoms with van der Waals surface area (Å²) >= 11 is 0. The molecule has 1 fully saturated rings. The second kappa shape index (κ2) is 7.56.